The molecule has 0 unspecified atom stereocenters. The maximum Gasteiger partial charge on any atom is 0.331 e. The van der Waals surface area contributed by atoms with Crippen molar-refractivity contribution in [2.24, 2.45) is 0 Å². The molecule has 1 N–H and O–H groups in total. The fraction of sp³-hybridized carbons (Fsp3) is 0.312. The zero-order valence-electron chi connectivity index (χ0n) is 13.3. The number of aliphatic hydroxyl groups is 1. The van der Waals surface area contributed by atoms with Crippen molar-refractivity contribution in [2.75, 3.05) is 13.2 Å². The largest absolute Gasteiger partial charge is 0.490 e. The second kappa shape index (κ2) is 7.96. The molecule has 9 heteroatoms. The monoisotopic (exact) mass is 367 g/mol. The molecule has 0 bridgehead atoms. The maximum atomic E-state index is 13.0. The van der Waals surface area contributed by atoms with Crippen LogP contribution < -0.4 is 16.0 Å². The molecule has 2 aromatic rings. The predicted octanol–water partition coefficient (Wildman–Crippen LogP) is 1.05. The molecule has 7 nitrogen and oxygen atoms in total. The lowest BCUT2D eigenvalue weighted by Gasteiger charge is -2.14. The van der Waals surface area contributed by atoms with Gasteiger partial charge >= 0.3 is 5.69 Å². The number of hydrogen-bond acceptors (Lipinski definition) is 5. The van der Waals surface area contributed by atoms with Crippen molar-refractivity contribution in [1.82, 2.24) is 9.13 Å². The Morgan fingerprint density at radius 1 is 1.32 bits per heavy atom. The van der Waals surface area contributed by atoms with E-state index >= 15 is 0 Å². The van der Waals surface area contributed by atoms with Crippen LogP contribution in [0.15, 0.2) is 27.8 Å². The minimum absolute atomic E-state index is 0.0374. The molecular weight excluding hydrogens is 353 g/mol. The van der Waals surface area contributed by atoms with Crippen LogP contribution in [0.1, 0.15) is 11.3 Å². The van der Waals surface area contributed by atoms with Gasteiger partial charge in [-0.3, -0.25) is 13.9 Å². The van der Waals surface area contributed by atoms with Gasteiger partial charge in [-0.2, -0.15) is 5.26 Å². The first kappa shape index (κ1) is 18.7. The number of nitrogens with zero attached hydrogens (tertiary/aromatic N) is 3. The van der Waals surface area contributed by atoms with Gasteiger partial charge in [-0.15, -0.1) is 0 Å². The molecule has 25 heavy (non-hydrogen) atoms. The average molecular weight is 368 g/mol. The van der Waals surface area contributed by atoms with Crippen molar-refractivity contribution in [3.63, 3.8) is 0 Å². The van der Waals surface area contributed by atoms with Crippen molar-refractivity contribution >= 4 is 11.6 Å². The molecule has 0 aliphatic carbocycles. The van der Waals surface area contributed by atoms with Crippen LogP contribution in [0.5, 0.6) is 5.75 Å². The predicted molar refractivity (Wildman–Crippen MR) is 88.4 cm³/mol. The lowest BCUT2D eigenvalue weighted by Crippen LogP contribution is -2.44. The van der Waals surface area contributed by atoms with Crippen molar-refractivity contribution in [1.29, 1.82) is 5.26 Å². The molecule has 0 atom stereocenters. The van der Waals surface area contributed by atoms with Crippen LogP contribution in [0, 0.1) is 24.1 Å². The summed E-state index contributed by atoms with van der Waals surface area (Å²) in [7, 11) is 0. The van der Waals surface area contributed by atoms with Gasteiger partial charge in [0.05, 0.1) is 24.7 Å². The van der Waals surface area contributed by atoms with E-state index in [-0.39, 0.29) is 48.3 Å². The van der Waals surface area contributed by atoms with E-state index in [4.69, 9.17) is 26.7 Å². The SMILES string of the molecule is Cc1c(C#N)c(=O)n(CCOc2ccc(F)cc2Cl)c(=O)n1CCO. The Morgan fingerprint density at radius 2 is 2.04 bits per heavy atom. The zero-order chi connectivity index (χ0) is 18.6. The summed E-state index contributed by atoms with van der Waals surface area (Å²) in [4.78, 5) is 24.7. The first-order valence-electron chi connectivity index (χ1n) is 7.33. The van der Waals surface area contributed by atoms with Crippen LogP contribution in [0.4, 0.5) is 4.39 Å². The van der Waals surface area contributed by atoms with Crippen LogP contribution in [0.3, 0.4) is 0 Å². The van der Waals surface area contributed by atoms with Crippen LogP contribution in [-0.4, -0.2) is 27.5 Å². The molecular formula is C16H15ClFN3O4. The molecule has 0 radical (unpaired) electrons. The molecule has 0 saturated carbocycles. The van der Waals surface area contributed by atoms with E-state index in [2.05, 4.69) is 0 Å². The lowest BCUT2D eigenvalue weighted by atomic mass is 10.2. The normalized spacial score (nSPS) is 10.5. The van der Waals surface area contributed by atoms with E-state index in [1.165, 1.54) is 19.1 Å². The zero-order valence-corrected chi connectivity index (χ0v) is 14.1. The van der Waals surface area contributed by atoms with E-state index in [1.807, 2.05) is 0 Å². The first-order valence-corrected chi connectivity index (χ1v) is 7.71. The Labute approximate surface area is 147 Å². The number of rotatable bonds is 6. The van der Waals surface area contributed by atoms with E-state index < -0.39 is 17.1 Å². The smallest absolute Gasteiger partial charge is 0.331 e. The highest BCUT2D eigenvalue weighted by molar-refractivity contribution is 6.32. The minimum Gasteiger partial charge on any atom is -0.490 e. The number of benzene rings is 1. The van der Waals surface area contributed by atoms with E-state index in [1.54, 1.807) is 6.07 Å². The lowest BCUT2D eigenvalue weighted by molar-refractivity contribution is 0.265. The summed E-state index contributed by atoms with van der Waals surface area (Å²) in [5.41, 5.74) is -1.35. The molecule has 0 spiro atoms. The van der Waals surface area contributed by atoms with E-state index in [0.29, 0.717) is 0 Å². The Hall–Kier alpha value is -2.63. The van der Waals surface area contributed by atoms with Crippen molar-refractivity contribution in [2.45, 2.75) is 20.0 Å². The first-order chi connectivity index (χ1) is 11.9. The third kappa shape index (κ3) is 3.90. The Kier molecular flexibility index (Phi) is 5.96. The van der Waals surface area contributed by atoms with Crippen LogP contribution in [0.2, 0.25) is 5.02 Å². The number of hydrogen-bond donors (Lipinski definition) is 1. The quantitative estimate of drug-likeness (QED) is 0.823. The van der Waals surface area contributed by atoms with Gasteiger partial charge < -0.3 is 9.84 Å². The Bertz CT molecular complexity index is 946. The van der Waals surface area contributed by atoms with Gasteiger partial charge in [0.15, 0.2) is 0 Å². The minimum atomic E-state index is -0.729. The highest BCUT2D eigenvalue weighted by Crippen LogP contribution is 2.24. The summed E-state index contributed by atoms with van der Waals surface area (Å²) in [5.74, 6) is -0.308. The fourth-order valence-corrected chi connectivity index (χ4v) is 2.55. The molecule has 0 amide bonds. The van der Waals surface area contributed by atoms with Crippen molar-refractivity contribution in [3.8, 4) is 11.8 Å². The molecule has 1 heterocycles. The highest BCUT2D eigenvalue weighted by atomic mass is 35.5. The van der Waals surface area contributed by atoms with Gasteiger partial charge in [0.1, 0.15) is 29.8 Å². The third-order valence-electron chi connectivity index (χ3n) is 3.59. The molecule has 1 aromatic carbocycles. The van der Waals surface area contributed by atoms with Gasteiger partial charge in [0, 0.05) is 5.69 Å². The number of nitriles is 1. The molecule has 132 valence electrons. The second-order valence-electron chi connectivity index (χ2n) is 5.11. The Morgan fingerprint density at radius 3 is 2.64 bits per heavy atom. The van der Waals surface area contributed by atoms with Crippen LogP contribution in [-0.2, 0) is 13.1 Å². The van der Waals surface area contributed by atoms with Gasteiger partial charge in [-0.05, 0) is 25.1 Å². The third-order valence-corrected chi connectivity index (χ3v) is 3.88. The van der Waals surface area contributed by atoms with Gasteiger partial charge in [-0.1, -0.05) is 11.6 Å². The summed E-state index contributed by atoms with van der Waals surface area (Å²) >= 11 is 5.84. The highest BCUT2D eigenvalue weighted by Gasteiger charge is 2.16. The molecule has 0 aliphatic rings. The number of aliphatic hydroxyl groups excluding tert-OH is 1. The summed E-state index contributed by atoms with van der Waals surface area (Å²) in [6, 6.07) is 5.36. The van der Waals surface area contributed by atoms with Crippen molar-refractivity contribution < 1.29 is 14.2 Å². The van der Waals surface area contributed by atoms with Gasteiger partial charge in [-0.25, -0.2) is 9.18 Å². The number of aromatic nitrogens is 2. The van der Waals surface area contributed by atoms with Gasteiger partial charge in [0.25, 0.3) is 5.56 Å². The summed E-state index contributed by atoms with van der Waals surface area (Å²) in [5, 5.41) is 18.3. The Balaban J connectivity index is 2.30. The summed E-state index contributed by atoms with van der Waals surface area (Å²) in [6.07, 6.45) is 0. The molecule has 2 rings (SSSR count). The molecule has 1 aromatic heterocycles. The fourth-order valence-electron chi connectivity index (χ4n) is 2.33. The molecule has 0 fully saturated rings. The standard InChI is InChI=1S/C16H15ClFN3O4/c1-10-12(9-19)15(23)21(16(24)20(10)4-6-22)5-7-25-14-3-2-11(18)8-13(14)17/h2-3,8,22H,4-7H2,1H3. The molecule has 0 saturated heterocycles. The number of halogens is 2. The van der Waals surface area contributed by atoms with Crippen molar-refractivity contribution in [3.05, 3.63) is 61.1 Å². The van der Waals surface area contributed by atoms with E-state index in [0.717, 1.165) is 15.2 Å². The summed E-state index contributed by atoms with van der Waals surface area (Å²) in [6.45, 7) is 0.894. The van der Waals surface area contributed by atoms with Gasteiger partial charge in [0.2, 0.25) is 0 Å². The summed E-state index contributed by atoms with van der Waals surface area (Å²) < 4.78 is 20.4. The van der Waals surface area contributed by atoms with Crippen LogP contribution in [0.25, 0.3) is 0 Å². The van der Waals surface area contributed by atoms with Crippen LogP contribution >= 0.6 is 11.6 Å². The number of ether oxygens (including phenoxy) is 1. The second-order valence-corrected chi connectivity index (χ2v) is 5.52. The molecule has 0 aliphatic heterocycles. The van der Waals surface area contributed by atoms with E-state index in [9.17, 15) is 14.0 Å². The topological polar surface area (TPSA) is 97.3 Å². The average Bonchev–Trinajstić information content (AvgIpc) is 2.57. The maximum absolute atomic E-state index is 13.0.